The fourth-order valence-corrected chi connectivity index (χ4v) is 3.18. The third-order valence-electron chi connectivity index (χ3n) is 2.55. The SMILES string of the molecule is CC(C)(C)OC(=O)N1CCS(=O)(=O)C(CC#N)C1. The van der Waals surface area contributed by atoms with Gasteiger partial charge in [-0.2, -0.15) is 5.26 Å². The van der Waals surface area contributed by atoms with E-state index in [4.69, 9.17) is 10.00 Å². The summed E-state index contributed by atoms with van der Waals surface area (Å²) in [5.41, 5.74) is -0.613. The van der Waals surface area contributed by atoms with E-state index in [0.29, 0.717) is 0 Å². The van der Waals surface area contributed by atoms with Crippen molar-refractivity contribution in [3.8, 4) is 6.07 Å². The molecule has 6 nitrogen and oxygen atoms in total. The number of carbonyl (C=O) groups excluding carboxylic acids is 1. The van der Waals surface area contributed by atoms with Crippen molar-refractivity contribution in [3.05, 3.63) is 0 Å². The van der Waals surface area contributed by atoms with Crippen LogP contribution in [0.15, 0.2) is 0 Å². The van der Waals surface area contributed by atoms with Gasteiger partial charge in [0.25, 0.3) is 0 Å². The summed E-state index contributed by atoms with van der Waals surface area (Å²) >= 11 is 0. The molecule has 1 rings (SSSR count). The molecule has 0 spiro atoms. The maximum Gasteiger partial charge on any atom is 0.410 e. The van der Waals surface area contributed by atoms with E-state index in [1.165, 1.54) is 4.90 Å². The summed E-state index contributed by atoms with van der Waals surface area (Å²) in [5, 5.41) is 7.81. The van der Waals surface area contributed by atoms with E-state index >= 15 is 0 Å². The Morgan fingerprint density at radius 1 is 1.50 bits per heavy atom. The van der Waals surface area contributed by atoms with Crippen LogP contribution in [-0.2, 0) is 14.6 Å². The van der Waals surface area contributed by atoms with Crippen LogP contribution in [0.2, 0.25) is 0 Å². The molecule has 1 fully saturated rings. The molecule has 0 aromatic carbocycles. The van der Waals surface area contributed by atoms with Crippen molar-refractivity contribution >= 4 is 15.9 Å². The number of sulfone groups is 1. The molecular formula is C11H18N2O4S. The highest BCUT2D eigenvalue weighted by Crippen LogP contribution is 2.18. The average Bonchev–Trinajstić information content (AvgIpc) is 2.18. The molecule has 7 heteroatoms. The minimum Gasteiger partial charge on any atom is -0.444 e. The second-order valence-corrected chi connectivity index (χ2v) is 7.68. The maximum absolute atomic E-state index is 11.8. The second kappa shape index (κ2) is 5.14. The highest BCUT2D eigenvalue weighted by atomic mass is 32.2. The zero-order valence-corrected chi connectivity index (χ0v) is 11.7. The van der Waals surface area contributed by atoms with Gasteiger partial charge in [0.05, 0.1) is 23.5 Å². The van der Waals surface area contributed by atoms with Crippen LogP contribution in [-0.4, -0.2) is 49.1 Å². The zero-order valence-electron chi connectivity index (χ0n) is 10.8. The largest absolute Gasteiger partial charge is 0.444 e. The van der Waals surface area contributed by atoms with E-state index in [1.807, 2.05) is 6.07 Å². The quantitative estimate of drug-likeness (QED) is 0.710. The minimum absolute atomic E-state index is 0.0325. The number of amides is 1. The fraction of sp³-hybridized carbons (Fsp3) is 0.818. The summed E-state index contributed by atoms with van der Waals surface area (Å²) in [5.74, 6) is -0.113. The predicted molar refractivity (Wildman–Crippen MR) is 65.6 cm³/mol. The Bertz CT molecular complexity index is 458. The molecule has 0 radical (unpaired) electrons. The van der Waals surface area contributed by atoms with E-state index in [2.05, 4.69) is 0 Å². The third-order valence-corrected chi connectivity index (χ3v) is 4.63. The molecular weight excluding hydrogens is 256 g/mol. The van der Waals surface area contributed by atoms with Crippen LogP contribution in [0.3, 0.4) is 0 Å². The van der Waals surface area contributed by atoms with Crippen molar-refractivity contribution in [1.29, 1.82) is 5.26 Å². The average molecular weight is 274 g/mol. The van der Waals surface area contributed by atoms with Gasteiger partial charge in [0.15, 0.2) is 9.84 Å². The summed E-state index contributed by atoms with van der Waals surface area (Å²) in [6.07, 6.45) is -0.623. The fourth-order valence-electron chi connectivity index (χ4n) is 1.64. The van der Waals surface area contributed by atoms with Crippen LogP contribution in [0.1, 0.15) is 27.2 Å². The summed E-state index contributed by atoms with van der Waals surface area (Å²) in [6.45, 7) is 5.40. The van der Waals surface area contributed by atoms with Crippen LogP contribution in [0, 0.1) is 11.3 Å². The van der Waals surface area contributed by atoms with Crippen molar-refractivity contribution < 1.29 is 17.9 Å². The maximum atomic E-state index is 11.8. The molecule has 1 heterocycles. The number of rotatable bonds is 1. The second-order valence-electron chi connectivity index (χ2n) is 5.28. The smallest absolute Gasteiger partial charge is 0.410 e. The van der Waals surface area contributed by atoms with Gasteiger partial charge in [0.1, 0.15) is 5.60 Å². The molecule has 18 heavy (non-hydrogen) atoms. The highest BCUT2D eigenvalue weighted by Gasteiger charge is 2.36. The van der Waals surface area contributed by atoms with Gasteiger partial charge in [-0.15, -0.1) is 0 Å². The first-order valence-corrected chi connectivity index (χ1v) is 7.44. The van der Waals surface area contributed by atoms with E-state index in [9.17, 15) is 13.2 Å². The molecule has 1 saturated heterocycles. The molecule has 1 unspecified atom stereocenters. The van der Waals surface area contributed by atoms with Gasteiger partial charge in [0, 0.05) is 13.1 Å². The van der Waals surface area contributed by atoms with E-state index < -0.39 is 26.8 Å². The summed E-state index contributed by atoms with van der Waals surface area (Å²) in [7, 11) is -3.27. The molecule has 0 aromatic rings. The minimum atomic E-state index is -3.27. The van der Waals surface area contributed by atoms with Gasteiger partial charge >= 0.3 is 6.09 Å². The third kappa shape index (κ3) is 3.88. The molecule has 0 N–H and O–H groups in total. The molecule has 0 aliphatic carbocycles. The first-order valence-electron chi connectivity index (χ1n) is 5.72. The molecule has 102 valence electrons. The lowest BCUT2D eigenvalue weighted by molar-refractivity contribution is 0.0254. The van der Waals surface area contributed by atoms with E-state index in [-0.39, 0.29) is 25.3 Å². The van der Waals surface area contributed by atoms with Crippen LogP contribution in [0.25, 0.3) is 0 Å². The van der Waals surface area contributed by atoms with Crippen molar-refractivity contribution in [3.63, 3.8) is 0 Å². The van der Waals surface area contributed by atoms with E-state index in [0.717, 1.165) is 0 Å². The van der Waals surface area contributed by atoms with Crippen molar-refractivity contribution in [2.24, 2.45) is 0 Å². The zero-order chi connectivity index (χ0) is 14.0. The Morgan fingerprint density at radius 3 is 2.61 bits per heavy atom. The Labute approximate surface area is 107 Å². The Balaban J connectivity index is 2.73. The lowest BCUT2D eigenvalue weighted by Crippen LogP contribution is -2.50. The van der Waals surface area contributed by atoms with Crippen molar-refractivity contribution in [1.82, 2.24) is 4.90 Å². The van der Waals surface area contributed by atoms with E-state index in [1.54, 1.807) is 20.8 Å². The van der Waals surface area contributed by atoms with Crippen LogP contribution in [0.5, 0.6) is 0 Å². The molecule has 1 amide bonds. The number of hydrogen-bond donors (Lipinski definition) is 0. The van der Waals surface area contributed by atoms with Crippen LogP contribution >= 0.6 is 0 Å². The van der Waals surface area contributed by atoms with Gasteiger partial charge in [0.2, 0.25) is 0 Å². The van der Waals surface area contributed by atoms with Crippen molar-refractivity contribution in [2.45, 2.75) is 38.0 Å². The summed E-state index contributed by atoms with van der Waals surface area (Å²) in [6, 6.07) is 1.84. The monoisotopic (exact) mass is 274 g/mol. The number of nitriles is 1. The molecule has 0 bridgehead atoms. The lowest BCUT2D eigenvalue weighted by Gasteiger charge is -2.33. The Hall–Kier alpha value is -1.29. The lowest BCUT2D eigenvalue weighted by atomic mass is 10.2. The van der Waals surface area contributed by atoms with Gasteiger partial charge in [-0.1, -0.05) is 0 Å². The molecule has 0 saturated carbocycles. The first-order chi connectivity index (χ1) is 8.15. The Morgan fingerprint density at radius 2 is 2.11 bits per heavy atom. The van der Waals surface area contributed by atoms with Gasteiger partial charge in [-0.05, 0) is 20.8 Å². The molecule has 1 aliphatic rings. The summed E-state index contributed by atoms with van der Waals surface area (Å²) < 4.78 is 28.6. The number of nitrogens with zero attached hydrogens (tertiary/aromatic N) is 2. The van der Waals surface area contributed by atoms with Gasteiger partial charge < -0.3 is 9.64 Å². The number of hydrogen-bond acceptors (Lipinski definition) is 5. The topological polar surface area (TPSA) is 87.5 Å². The van der Waals surface area contributed by atoms with Crippen LogP contribution < -0.4 is 0 Å². The summed E-state index contributed by atoms with van der Waals surface area (Å²) in [4.78, 5) is 13.2. The number of ether oxygens (including phenoxy) is 1. The molecule has 1 aliphatic heterocycles. The normalized spacial score (nSPS) is 23.2. The molecule has 1 atom stereocenters. The van der Waals surface area contributed by atoms with Gasteiger partial charge in [-0.3, -0.25) is 0 Å². The Kier molecular flexibility index (Phi) is 4.22. The van der Waals surface area contributed by atoms with Gasteiger partial charge in [-0.25, -0.2) is 13.2 Å². The predicted octanol–water partition coefficient (Wildman–Crippen LogP) is 0.934. The van der Waals surface area contributed by atoms with Crippen molar-refractivity contribution in [2.75, 3.05) is 18.8 Å². The van der Waals surface area contributed by atoms with Crippen LogP contribution in [0.4, 0.5) is 4.79 Å². The molecule has 0 aromatic heterocycles. The number of carbonyl (C=O) groups is 1. The standard InChI is InChI=1S/C11H18N2O4S/c1-11(2,3)17-10(14)13-6-7-18(15,16)9(8-13)4-5-12/h9H,4,6-8H2,1-3H3. The first kappa shape index (κ1) is 14.8. The highest BCUT2D eigenvalue weighted by molar-refractivity contribution is 7.92.